The molecule has 0 unspecified atom stereocenters. The average molecular weight is 269 g/mol. The summed E-state index contributed by atoms with van der Waals surface area (Å²) in [6, 6.07) is 0. The standard InChI is InChI=1S/C10H17ClN2O2.ClH/c1-8-9(6-11)10(13(2)12-8)7-15-5-4-14-3;/h4-7H2,1-3H3;1H. The molecule has 0 aliphatic carbocycles. The molecule has 0 saturated carbocycles. The number of hydrogen-bond acceptors (Lipinski definition) is 3. The van der Waals surface area contributed by atoms with E-state index in [0.29, 0.717) is 25.7 Å². The summed E-state index contributed by atoms with van der Waals surface area (Å²) >= 11 is 5.86. The topological polar surface area (TPSA) is 36.3 Å². The summed E-state index contributed by atoms with van der Waals surface area (Å²) in [5.41, 5.74) is 3.08. The number of aryl methyl sites for hydroxylation is 2. The van der Waals surface area contributed by atoms with Crippen LogP contribution in [-0.4, -0.2) is 30.1 Å². The first-order valence-electron chi connectivity index (χ1n) is 4.84. The van der Waals surface area contributed by atoms with Crippen LogP contribution in [0.4, 0.5) is 0 Å². The number of ether oxygens (including phenoxy) is 2. The van der Waals surface area contributed by atoms with Gasteiger partial charge >= 0.3 is 0 Å². The van der Waals surface area contributed by atoms with Crippen LogP contribution in [0.15, 0.2) is 0 Å². The SMILES string of the molecule is COCCOCc1c(CCl)c(C)nn1C.Cl. The van der Waals surface area contributed by atoms with Gasteiger partial charge in [0.15, 0.2) is 0 Å². The Labute approximate surface area is 107 Å². The number of rotatable bonds is 6. The fourth-order valence-corrected chi connectivity index (χ4v) is 1.76. The molecule has 0 bridgehead atoms. The average Bonchev–Trinajstić information content (AvgIpc) is 2.48. The van der Waals surface area contributed by atoms with Crippen LogP contribution < -0.4 is 0 Å². The van der Waals surface area contributed by atoms with Crippen molar-refractivity contribution in [2.75, 3.05) is 20.3 Å². The van der Waals surface area contributed by atoms with Crippen LogP contribution in [0.2, 0.25) is 0 Å². The van der Waals surface area contributed by atoms with E-state index in [9.17, 15) is 0 Å². The van der Waals surface area contributed by atoms with Crippen LogP contribution >= 0.6 is 24.0 Å². The molecule has 1 heterocycles. The van der Waals surface area contributed by atoms with E-state index in [0.717, 1.165) is 17.0 Å². The predicted molar refractivity (Wildman–Crippen MR) is 66.3 cm³/mol. The number of methoxy groups -OCH3 is 1. The van der Waals surface area contributed by atoms with E-state index >= 15 is 0 Å². The smallest absolute Gasteiger partial charge is 0.0889 e. The Kier molecular flexibility index (Phi) is 7.76. The highest BCUT2D eigenvalue weighted by Crippen LogP contribution is 2.16. The summed E-state index contributed by atoms with van der Waals surface area (Å²) < 4.78 is 12.2. The first kappa shape index (κ1) is 15.7. The lowest BCUT2D eigenvalue weighted by Gasteiger charge is -2.05. The van der Waals surface area contributed by atoms with Gasteiger partial charge in [0.1, 0.15) is 0 Å². The molecule has 0 amide bonds. The zero-order valence-electron chi connectivity index (χ0n) is 9.83. The van der Waals surface area contributed by atoms with Crippen LogP contribution in [0.5, 0.6) is 0 Å². The second-order valence-electron chi connectivity index (χ2n) is 3.31. The van der Waals surface area contributed by atoms with Gasteiger partial charge in [0.2, 0.25) is 0 Å². The maximum absolute atomic E-state index is 5.86. The van der Waals surface area contributed by atoms with E-state index in [1.807, 2.05) is 18.7 Å². The van der Waals surface area contributed by atoms with Crippen molar-refractivity contribution in [1.29, 1.82) is 0 Å². The summed E-state index contributed by atoms with van der Waals surface area (Å²) in [4.78, 5) is 0. The Hall–Kier alpha value is -0.290. The lowest BCUT2D eigenvalue weighted by molar-refractivity contribution is 0.0586. The largest absolute Gasteiger partial charge is 0.382 e. The molecule has 0 saturated heterocycles. The normalized spacial score (nSPS) is 10.2. The fraction of sp³-hybridized carbons (Fsp3) is 0.700. The minimum absolute atomic E-state index is 0. The van der Waals surface area contributed by atoms with Crippen LogP contribution in [0.1, 0.15) is 17.0 Å². The van der Waals surface area contributed by atoms with Crippen molar-refractivity contribution in [3.63, 3.8) is 0 Å². The van der Waals surface area contributed by atoms with Gasteiger partial charge in [-0.05, 0) is 6.92 Å². The van der Waals surface area contributed by atoms with Gasteiger partial charge in [-0.2, -0.15) is 5.10 Å². The molecule has 1 aromatic heterocycles. The molecule has 1 aromatic rings. The van der Waals surface area contributed by atoms with Crippen molar-refractivity contribution >= 4 is 24.0 Å². The quantitative estimate of drug-likeness (QED) is 0.586. The minimum atomic E-state index is 0. The fourth-order valence-electron chi connectivity index (χ4n) is 1.42. The molecule has 0 spiro atoms. The third kappa shape index (κ3) is 3.94. The van der Waals surface area contributed by atoms with Gasteiger partial charge in [-0.15, -0.1) is 24.0 Å². The lowest BCUT2D eigenvalue weighted by Crippen LogP contribution is -2.06. The number of alkyl halides is 1. The van der Waals surface area contributed by atoms with Crippen LogP contribution in [0.25, 0.3) is 0 Å². The second kappa shape index (κ2) is 7.90. The van der Waals surface area contributed by atoms with Crippen molar-refractivity contribution in [3.05, 3.63) is 17.0 Å². The summed E-state index contributed by atoms with van der Waals surface area (Å²) in [6.07, 6.45) is 0. The first-order chi connectivity index (χ1) is 7.20. The minimum Gasteiger partial charge on any atom is -0.382 e. The molecule has 0 atom stereocenters. The third-order valence-corrected chi connectivity index (χ3v) is 2.55. The highest BCUT2D eigenvalue weighted by molar-refractivity contribution is 6.17. The van der Waals surface area contributed by atoms with Gasteiger partial charge in [-0.3, -0.25) is 4.68 Å². The zero-order valence-corrected chi connectivity index (χ0v) is 11.4. The summed E-state index contributed by atoms with van der Waals surface area (Å²) in [5, 5.41) is 4.30. The molecular formula is C10H18Cl2N2O2. The molecule has 0 aliphatic heterocycles. The van der Waals surface area contributed by atoms with Gasteiger partial charge in [-0.25, -0.2) is 0 Å². The van der Waals surface area contributed by atoms with Crippen molar-refractivity contribution in [3.8, 4) is 0 Å². The molecule has 0 fully saturated rings. The molecule has 0 radical (unpaired) electrons. The van der Waals surface area contributed by atoms with Crippen LogP contribution in [0.3, 0.4) is 0 Å². The molecule has 16 heavy (non-hydrogen) atoms. The van der Waals surface area contributed by atoms with E-state index in [1.54, 1.807) is 7.11 Å². The molecule has 4 nitrogen and oxygen atoms in total. The molecular weight excluding hydrogens is 251 g/mol. The van der Waals surface area contributed by atoms with Crippen LogP contribution in [-0.2, 0) is 29.0 Å². The number of nitrogens with zero attached hydrogens (tertiary/aromatic N) is 2. The monoisotopic (exact) mass is 268 g/mol. The van der Waals surface area contributed by atoms with Crippen molar-refractivity contribution in [2.45, 2.75) is 19.4 Å². The van der Waals surface area contributed by atoms with Crippen molar-refractivity contribution in [1.82, 2.24) is 9.78 Å². The van der Waals surface area contributed by atoms with Crippen molar-refractivity contribution < 1.29 is 9.47 Å². The number of aromatic nitrogens is 2. The van der Waals surface area contributed by atoms with E-state index in [4.69, 9.17) is 21.1 Å². The van der Waals surface area contributed by atoms with Crippen LogP contribution in [0, 0.1) is 6.92 Å². The van der Waals surface area contributed by atoms with Gasteiger partial charge in [-0.1, -0.05) is 0 Å². The Morgan fingerprint density at radius 2 is 2.06 bits per heavy atom. The first-order valence-corrected chi connectivity index (χ1v) is 5.38. The van der Waals surface area contributed by atoms with E-state index in [1.165, 1.54) is 0 Å². The summed E-state index contributed by atoms with van der Waals surface area (Å²) in [7, 11) is 3.56. The molecule has 0 N–H and O–H groups in total. The molecule has 6 heteroatoms. The summed E-state index contributed by atoms with van der Waals surface area (Å²) in [6.45, 7) is 3.68. The number of halogens is 2. The zero-order chi connectivity index (χ0) is 11.3. The van der Waals surface area contributed by atoms with Crippen molar-refractivity contribution in [2.24, 2.45) is 7.05 Å². The lowest BCUT2D eigenvalue weighted by atomic mass is 10.2. The van der Waals surface area contributed by atoms with Gasteiger partial charge in [0.05, 0.1) is 37.1 Å². The predicted octanol–water partition coefficient (Wildman–Crippen LogP) is 2.05. The number of hydrogen-bond donors (Lipinski definition) is 0. The molecule has 1 rings (SSSR count). The van der Waals surface area contributed by atoms with E-state index in [2.05, 4.69) is 5.10 Å². The van der Waals surface area contributed by atoms with E-state index < -0.39 is 0 Å². The molecule has 0 aromatic carbocycles. The highest BCUT2D eigenvalue weighted by atomic mass is 35.5. The summed E-state index contributed by atoms with van der Waals surface area (Å²) in [5.74, 6) is 0.475. The second-order valence-corrected chi connectivity index (χ2v) is 3.58. The Balaban J connectivity index is 0.00000225. The van der Waals surface area contributed by atoms with E-state index in [-0.39, 0.29) is 12.4 Å². The maximum atomic E-state index is 5.86. The Morgan fingerprint density at radius 3 is 2.62 bits per heavy atom. The van der Waals surface area contributed by atoms with Gasteiger partial charge in [0, 0.05) is 19.7 Å². The third-order valence-electron chi connectivity index (χ3n) is 2.28. The van der Waals surface area contributed by atoms with Gasteiger partial charge < -0.3 is 9.47 Å². The highest BCUT2D eigenvalue weighted by Gasteiger charge is 2.11. The molecule has 0 aliphatic rings. The maximum Gasteiger partial charge on any atom is 0.0889 e. The van der Waals surface area contributed by atoms with Gasteiger partial charge in [0.25, 0.3) is 0 Å². The Bertz CT molecular complexity index is 316. The Morgan fingerprint density at radius 1 is 1.38 bits per heavy atom. The molecule has 94 valence electrons.